The Morgan fingerprint density at radius 2 is 1.83 bits per heavy atom. The number of hydrogen-bond acceptors (Lipinski definition) is 6. The molecular formula is C27H33BrN2O5. The highest BCUT2D eigenvalue weighted by Gasteiger charge is 2.46. The molecule has 1 fully saturated rings. The third kappa shape index (κ3) is 5.38. The van der Waals surface area contributed by atoms with Crippen LogP contribution in [0.25, 0.3) is 5.76 Å². The van der Waals surface area contributed by atoms with Gasteiger partial charge in [-0.25, -0.2) is 0 Å². The average molecular weight is 545 g/mol. The number of ether oxygens (including phenoxy) is 1. The number of phenolic OH excluding ortho intramolecular Hbond substituents is 1. The maximum atomic E-state index is 13.3. The number of halogens is 1. The van der Waals surface area contributed by atoms with Crippen molar-refractivity contribution in [1.82, 2.24) is 9.80 Å². The summed E-state index contributed by atoms with van der Waals surface area (Å²) in [6.45, 7) is 10.8. The Kier molecular flexibility index (Phi) is 8.61. The van der Waals surface area contributed by atoms with Gasteiger partial charge in [-0.15, -0.1) is 0 Å². The fourth-order valence-electron chi connectivity index (χ4n) is 4.50. The van der Waals surface area contributed by atoms with Crippen LogP contribution in [0, 0.1) is 13.8 Å². The maximum Gasteiger partial charge on any atom is 0.295 e. The highest BCUT2D eigenvalue weighted by molar-refractivity contribution is 9.10. The van der Waals surface area contributed by atoms with E-state index >= 15 is 0 Å². The van der Waals surface area contributed by atoms with Crippen molar-refractivity contribution in [2.24, 2.45) is 0 Å². The summed E-state index contributed by atoms with van der Waals surface area (Å²) in [5.41, 5.74) is 2.83. The summed E-state index contributed by atoms with van der Waals surface area (Å²) in [4.78, 5) is 30.3. The summed E-state index contributed by atoms with van der Waals surface area (Å²) in [7, 11) is 1.43. The minimum atomic E-state index is -0.822. The fraction of sp³-hybridized carbons (Fsp3) is 0.407. The summed E-state index contributed by atoms with van der Waals surface area (Å²) in [6, 6.07) is 8.05. The number of Topliss-reactive ketones (excluding diaryl/α,β-unsaturated/α-hetero) is 1. The fourth-order valence-corrected chi connectivity index (χ4v) is 4.96. The second-order valence-electron chi connectivity index (χ2n) is 8.74. The monoisotopic (exact) mass is 544 g/mol. The predicted molar refractivity (Wildman–Crippen MR) is 140 cm³/mol. The molecule has 2 aromatic carbocycles. The van der Waals surface area contributed by atoms with E-state index in [1.54, 1.807) is 12.1 Å². The van der Waals surface area contributed by atoms with E-state index in [2.05, 4.69) is 34.7 Å². The maximum absolute atomic E-state index is 13.3. The first-order valence-electron chi connectivity index (χ1n) is 11.8. The molecule has 3 rings (SSSR count). The molecule has 1 amide bonds. The molecule has 0 bridgehead atoms. The third-order valence-corrected chi connectivity index (χ3v) is 7.15. The zero-order chi connectivity index (χ0) is 25.9. The molecule has 0 radical (unpaired) electrons. The highest BCUT2D eigenvalue weighted by atomic mass is 79.9. The van der Waals surface area contributed by atoms with Gasteiger partial charge in [0.05, 0.1) is 23.2 Å². The number of carbonyl (C=O) groups is 2. The zero-order valence-corrected chi connectivity index (χ0v) is 22.5. The number of nitrogens with zero attached hydrogens (tertiary/aromatic N) is 2. The number of ketones is 1. The van der Waals surface area contributed by atoms with Crippen LogP contribution in [0.5, 0.6) is 11.5 Å². The van der Waals surface area contributed by atoms with E-state index in [4.69, 9.17) is 4.74 Å². The van der Waals surface area contributed by atoms with E-state index in [1.807, 2.05) is 32.0 Å². The van der Waals surface area contributed by atoms with Gasteiger partial charge in [0.15, 0.2) is 11.5 Å². The first kappa shape index (κ1) is 26.8. The second kappa shape index (κ2) is 11.3. The Bertz CT molecular complexity index is 1160. The third-order valence-electron chi connectivity index (χ3n) is 6.54. The molecule has 1 aliphatic heterocycles. The van der Waals surface area contributed by atoms with Gasteiger partial charge in [-0.2, -0.15) is 0 Å². The smallest absolute Gasteiger partial charge is 0.295 e. The lowest BCUT2D eigenvalue weighted by molar-refractivity contribution is -0.140. The summed E-state index contributed by atoms with van der Waals surface area (Å²) >= 11 is 3.34. The lowest BCUT2D eigenvalue weighted by Crippen LogP contribution is -2.33. The van der Waals surface area contributed by atoms with Crippen LogP contribution in [-0.2, 0) is 9.59 Å². The molecule has 0 spiro atoms. The Morgan fingerprint density at radius 1 is 1.14 bits per heavy atom. The molecule has 35 heavy (non-hydrogen) atoms. The van der Waals surface area contributed by atoms with Crippen LogP contribution in [-0.4, -0.2) is 65.0 Å². The van der Waals surface area contributed by atoms with Crippen LogP contribution in [0.15, 0.2) is 40.4 Å². The molecular weight excluding hydrogens is 512 g/mol. The van der Waals surface area contributed by atoms with Crippen LogP contribution in [0.2, 0.25) is 0 Å². The summed E-state index contributed by atoms with van der Waals surface area (Å²) in [6.07, 6.45) is 0.672. The van der Waals surface area contributed by atoms with Gasteiger partial charge in [0, 0.05) is 12.1 Å². The predicted octanol–water partition coefficient (Wildman–Crippen LogP) is 4.93. The van der Waals surface area contributed by atoms with E-state index in [-0.39, 0.29) is 22.8 Å². The van der Waals surface area contributed by atoms with Gasteiger partial charge in [-0.1, -0.05) is 31.5 Å². The minimum Gasteiger partial charge on any atom is -0.507 e. The number of amides is 1. The van der Waals surface area contributed by atoms with Gasteiger partial charge in [0.1, 0.15) is 5.76 Å². The van der Waals surface area contributed by atoms with Crippen molar-refractivity contribution >= 4 is 33.4 Å². The van der Waals surface area contributed by atoms with Crippen LogP contribution in [0.3, 0.4) is 0 Å². The molecule has 1 unspecified atom stereocenters. The van der Waals surface area contributed by atoms with Gasteiger partial charge in [-0.05, 0) is 85.2 Å². The Hall–Kier alpha value is -2.84. The summed E-state index contributed by atoms with van der Waals surface area (Å²) in [5.74, 6) is -1.45. The first-order chi connectivity index (χ1) is 16.6. The van der Waals surface area contributed by atoms with Gasteiger partial charge in [0.2, 0.25) is 0 Å². The number of hydrogen-bond donors (Lipinski definition) is 2. The van der Waals surface area contributed by atoms with Crippen molar-refractivity contribution in [3.8, 4) is 11.5 Å². The van der Waals surface area contributed by atoms with Crippen molar-refractivity contribution in [1.29, 1.82) is 0 Å². The van der Waals surface area contributed by atoms with Crippen molar-refractivity contribution < 1.29 is 24.5 Å². The van der Waals surface area contributed by atoms with E-state index in [9.17, 15) is 19.8 Å². The number of benzene rings is 2. The largest absolute Gasteiger partial charge is 0.507 e. The number of rotatable bonds is 9. The number of aliphatic hydroxyl groups excluding tert-OH is 1. The van der Waals surface area contributed by atoms with E-state index in [0.29, 0.717) is 28.6 Å². The van der Waals surface area contributed by atoms with Gasteiger partial charge in [-0.3, -0.25) is 9.59 Å². The second-order valence-corrected chi connectivity index (χ2v) is 9.60. The number of likely N-dealkylation sites (tertiary alicyclic amines) is 1. The standard InChI is InChI=1S/C27H33BrN2O5/c1-6-29(7-2)11-8-12-30-23(18-14-20(28)25(32)21(15-18)35-5)22(26(33)27(30)34)24(31)19-13-16(3)9-10-17(19)4/h9-10,13-15,23,31-32H,6-8,11-12H2,1-5H3/b24-22+. The molecule has 1 saturated heterocycles. The van der Waals surface area contributed by atoms with Crippen LogP contribution < -0.4 is 4.74 Å². The number of phenols is 1. The van der Waals surface area contributed by atoms with Crippen LogP contribution >= 0.6 is 15.9 Å². The van der Waals surface area contributed by atoms with Crippen LogP contribution in [0.1, 0.15) is 48.6 Å². The number of carbonyl (C=O) groups excluding carboxylic acids is 2. The molecule has 2 N–H and O–H groups in total. The summed E-state index contributed by atoms with van der Waals surface area (Å²) < 4.78 is 5.69. The normalized spacial score (nSPS) is 17.5. The van der Waals surface area contributed by atoms with Crippen molar-refractivity contribution in [2.45, 2.75) is 40.2 Å². The number of methoxy groups -OCH3 is 1. The molecule has 0 saturated carbocycles. The molecule has 1 aliphatic rings. The van der Waals surface area contributed by atoms with Crippen molar-refractivity contribution in [2.75, 3.05) is 33.3 Å². The van der Waals surface area contributed by atoms with Gasteiger partial charge < -0.3 is 24.7 Å². The minimum absolute atomic E-state index is 0.0335. The molecule has 7 nitrogen and oxygen atoms in total. The van der Waals surface area contributed by atoms with E-state index in [0.717, 1.165) is 30.8 Å². The first-order valence-corrected chi connectivity index (χ1v) is 12.6. The lowest BCUT2D eigenvalue weighted by atomic mass is 9.93. The Balaban J connectivity index is 2.16. The Labute approximate surface area is 215 Å². The van der Waals surface area contributed by atoms with Gasteiger partial charge in [0.25, 0.3) is 11.7 Å². The molecule has 1 atom stereocenters. The van der Waals surface area contributed by atoms with Crippen molar-refractivity contribution in [3.63, 3.8) is 0 Å². The average Bonchev–Trinajstić information content (AvgIpc) is 3.09. The van der Waals surface area contributed by atoms with Gasteiger partial charge >= 0.3 is 0 Å². The topological polar surface area (TPSA) is 90.3 Å². The van der Waals surface area contributed by atoms with E-state index in [1.165, 1.54) is 12.0 Å². The zero-order valence-electron chi connectivity index (χ0n) is 20.9. The lowest BCUT2D eigenvalue weighted by Gasteiger charge is -2.27. The quantitative estimate of drug-likeness (QED) is 0.264. The molecule has 1 heterocycles. The molecule has 188 valence electrons. The highest BCUT2D eigenvalue weighted by Crippen LogP contribution is 2.44. The molecule has 8 heteroatoms. The molecule has 2 aromatic rings. The number of aryl methyl sites for hydroxylation is 2. The molecule has 0 aliphatic carbocycles. The van der Waals surface area contributed by atoms with Crippen LogP contribution in [0.4, 0.5) is 0 Å². The Morgan fingerprint density at radius 3 is 2.46 bits per heavy atom. The van der Waals surface area contributed by atoms with E-state index < -0.39 is 17.7 Å². The molecule has 0 aromatic heterocycles. The number of aromatic hydroxyl groups is 1. The SMILES string of the molecule is CCN(CC)CCCN1C(=O)C(=O)/C(=C(/O)c2cc(C)ccc2C)C1c1cc(Br)c(O)c(OC)c1. The van der Waals surface area contributed by atoms with Crippen molar-refractivity contribution in [3.05, 3.63) is 62.6 Å². The number of aliphatic hydroxyl groups is 1. The summed E-state index contributed by atoms with van der Waals surface area (Å²) in [5, 5.41) is 21.7.